The SMILES string of the molecule is NCC1(NC(=O)CCC2CCCCC2)CCC1. The van der Waals surface area contributed by atoms with E-state index < -0.39 is 0 Å². The van der Waals surface area contributed by atoms with Gasteiger partial charge in [-0.2, -0.15) is 0 Å². The van der Waals surface area contributed by atoms with Crippen LogP contribution in [-0.4, -0.2) is 18.0 Å². The van der Waals surface area contributed by atoms with Gasteiger partial charge in [0.05, 0.1) is 5.54 Å². The third-order valence-electron chi connectivity index (χ3n) is 4.61. The molecule has 0 aromatic heterocycles. The Balaban J connectivity index is 1.66. The van der Waals surface area contributed by atoms with E-state index in [-0.39, 0.29) is 11.4 Å². The summed E-state index contributed by atoms with van der Waals surface area (Å²) in [4.78, 5) is 11.9. The molecule has 3 N–H and O–H groups in total. The lowest BCUT2D eigenvalue weighted by Crippen LogP contribution is -2.58. The predicted octanol–water partition coefficient (Wildman–Crippen LogP) is 2.34. The number of nitrogens with one attached hydrogen (secondary N) is 1. The molecule has 0 aromatic rings. The van der Waals surface area contributed by atoms with Crippen molar-refractivity contribution in [2.45, 2.75) is 69.7 Å². The second-order valence-electron chi connectivity index (χ2n) is 5.93. The quantitative estimate of drug-likeness (QED) is 0.772. The molecule has 2 fully saturated rings. The van der Waals surface area contributed by atoms with Gasteiger partial charge < -0.3 is 11.1 Å². The zero-order chi connectivity index (χ0) is 12.1. The Morgan fingerprint density at radius 3 is 2.41 bits per heavy atom. The van der Waals surface area contributed by atoms with Crippen molar-refractivity contribution in [1.29, 1.82) is 0 Å². The van der Waals surface area contributed by atoms with Gasteiger partial charge in [0.1, 0.15) is 0 Å². The molecule has 2 saturated carbocycles. The van der Waals surface area contributed by atoms with Crippen molar-refractivity contribution in [2.75, 3.05) is 6.54 Å². The van der Waals surface area contributed by atoms with Gasteiger partial charge in [-0.25, -0.2) is 0 Å². The molecule has 0 radical (unpaired) electrons. The molecule has 0 saturated heterocycles. The van der Waals surface area contributed by atoms with Crippen LogP contribution in [0.5, 0.6) is 0 Å². The zero-order valence-electron chi connectivity index (χ0n) is 10.8. The molecule has 3 heteroatoms. The molecule has 2 rings (SSSR count). The van der Waals surface area contributed by atoms with Gasteiger partial charge in [-0.3, -0.25) is 4.79 Å². The van der Waals surface area contributed by atoms with Crippen LogP contribution in [0.3, 0.4) is 0 Å². The first-order chi connectivity index (χ1) is 8.24. The fraction of sp³-hybridized carbons (Fsp3) is 0.929. The van der Waals surface area contributed by atoms with Crippen molar-refractivity contribution < 1.29 is 4.79 Å². The third kappa shape index (κ3) is 3.44. The number of nitrogens with two attached hydrogens (primary N) is 1. The van der Waals surface area contributed by atoms with E-state index in [2.05, 4.69) is 5.32 Å². The van der Waals surface area contributed by atoms with Crippen molar-refractivity contribution >= 4 is 5.91 Å². The smallest absolute Gasteiger partial charge is 0.220 e. The summed E-state index contributed by atoms with van der Waals surface area (Å²) >= 11 is 0. The van der Waals surface area contributed by atoms with Crippen molar-refractivity contribution in [3.05, 3.63) is 0 Å². The van der Waals surface area contributed by atoms with Crippen LogP contribution < -0.4 is 11.1 Å². The number of amides is 1. The minimum absolute atomic E-state index is 0.0380. The molecule has 0 atom stereocenters. The summed E-state index contributed by atoms with van der Waals surface area (Å²) in [7, 11) is 0. The molecule has 0 unspecified atom stereocenters. The molecule has 2 aliphatic carbocycles. The van der Waals surface area contributed by atoms with E-state index in [0.29, 0.717) is 13.0 Å². The van der Waals surface area contributed by atoms with E-state index in [1.807, 2.05) is 0 Å². The normalized spacial score (nSPS) is 24.1. The summed E-state index contributed by atoms with van der Waals surface area (Å²) in [5, 5.41) is 3.16. The maximum absolute atomic E-state index is 11.9. The highest BCUT2D eigenvalue weighted by Gasteiger charge is 2.36. The Bertz CT molecular complexity index is 249. The molecule has 0 bridgehead atoms. The third-order valence-corrected chi connectivity index (χ3v) is 4.61. The fourth-order valence-corrected chi connectivity index (χ4v) is 3.15. The van der Waals surface area contributed by atoms with Crippen molar-refractivity contribution in [3.63, 3.8) is 0 Å². The Labute approximate surface area is 105 Å². The Morgan fingerprint density at radius 1 is 1.18 bits per heavy atom. The average molecular weight is 238 g/mol. The summed E-state index contributed by atoms with van der Waals surface area (Å²) in [6.45, 7) is 0.599. The molecular formula is C14H26N2O. The van der Waals surface area contributed by atoms with E-state index in [4.69, 9.17) is 5.73 Å². The summed E-state index contributed by atoms with van der Waals surface area (Å²) in [5.41, 5.74) is 5.70. The second-order valence-corrected chi connectivity index (χ2v) is 5.93. The molecule has 3 nitrogen and oxygen atoms in total. The second kappa shape index (κ2) is 5.85. The minimum Gasteiger partial charge on any atom is -0.349 e. The first-order valence-electron chi connectivity index (χ1n) is 7.25. The van der Waals surface area contributed by atoms with Gasteiger partial charge in [-0.15, -0.1) is 0 Å². The van der Waals surface area contributed by atoms with Crippen LogP contribution in [0.25, 0.3) is 0 Å². The van der Waals surface area contributed by atoms with Gasteiger partial charge in [0.25, 0.3) is 0 Å². The average Bonchev–Trinajstić information content (AvgIpc) is 2.33. The fourth-order valence-electron chi connectivity index (χ4n) is 3.15. The molecule has 0 aromatic carbocycles. The molecular weight excluding hydrogens is 212 g/mol. The topological polar surface area (TPSA) is 55.1 Å². The van der Waals surface area contributed by atoms with E-state index in [9.17, 15) is 4.79 Å². The van der Waals surface area contributed by atoms with Gasteiger partial charge in [-0.05, 0) is 31.6 Å². The molecule has 17 heavy (non-hydrogen) atoms. The summed E-state index contributed by atoms with van der Waals surface area (Å²) < 4.78 is 0. The number of hydrogen-bond donors (Lipinski definition) is 2. The number of carbonyl (C=O) groups excluding carboxylic acids is 1. The molecule has 0 heterocycles. The minimum atomic E-state index is -0.0380. The van der Waals surface area contributed by atoms with Crippen LogP contribution >= 0.6 is 0 Å². The van der Waals surface area contributed by atoms with Crippen LogP contribution in [-0.2, 0) is 4.79 Å². The summed E-state index contributed by atoms with van der Waals surface area (Å²) in [6.07, 6.45) is 11.9. The van der Waals surface area contributed by atoms with Crippen LogP contribution in [0.2, 0.25) is 0 Å². The first-order valence-corrected chi connectivity index (χ1v) is 7.25. The first kappa shape index (κ1) is 12.9. The van der Waals surface area contributed by atoms with Crippen LogP contribution in [0.15, 0.2) is 0 Å². The predicted molar refractivity (Wildman–Crippen MR) is 69.6 cm³/mol. The van der Waals surface area contributed by atoms with Crippen LogP contribution in [0.1, 0.15) is 64.2 Å². The van der Waals surface area contributed by atoms with E-state index in [0.717, 1.165) is 25.2 Å². The number of carbonyl (C=O) groups is 1. The van der Waals surface area contributed by atoms with E-state index >= 15 is 0 Å². The maximum Gasteiger partial charge on any atom is 0.220 e. The van der Waals surface area contributed by atoms with Gasteiger partial charge in [0.15, 0.2) is 0 Å². The molecule has 98 valence electrons. The van der Waals surface area contributed by atoms with Crippen LogP contribution in [0, 0.1) is 5.92 Å². The summed E-state index contributed by atoms with van der Waals surface area (Å²) in [6, 6.07) is 0. The van der Waals surface area contributed by atoms with Crippen molar-refractivity contribution in [2.24, 2.45) is 11.7 Å². The highest BCUT2D eigenvalue weighted by Crippen LogP contribution is 2.31. The van der Waals surface area contributed by atoms with Gasteiger partial charge in [-0.1, -0.05) is 32.1 Å². The van der Waals surface area contributed by atoms with Gasteiger partial charge in [0.2, 0.25) is 5.91 Å². The maximum atomic E-state index is 11.9. The lowest BCUT2D eigenvalue weighted by atomic mass is 9.76. The monoisotopic (exact) mass is 238 g/mol. The summed E-state index contributed by atoms with van der Waals surface area (Å²) in [5.74, 6) is 1.02. The van der Waals surface area contributed by atoms with Gasteiger partial charge in [0, 0.05) is 13.0 Å². The lowest BCUT2D eigenvalue weighted by Gasteiger charge is -2.41. The lowest BCUT2D eigenvalue weighted by molar-refractivity contribution is -0.124. The Kier molecular flexibility index (Phi) is 4.43. The number of hydrogen-bond acceptors (Lipinski definition) is 2. The van der Waals surface area contributed by atoms with E-state index in [1.165, 1.54) is 38.5 Å². The molecule has 0 spiro atoms. The highest BCUT2D eigenvalue weighted by atomic mass is 16.1. The molecule has 0 aliphatic heterocycles. The Morgan fingerprint density at radius 2 is 1.88 bits per heavy atom. The largest absolute Gasteiger partial charge is 0.349 e. The van der Waals surface area contributed by atoms with Crippen molar-refractivity contribution in [1.82, 2.24) is 5.32 Å². The number of rotatable bonds is 5. The molecule has 1 amide bonds. The zero-order valence-corrected chi connectivity index (χ0v) is 10.8. The Hall–Kier alpha value is -0.570. The van der Waals surface area contributed by atoms with Gasteiger partial charge >= 0.3 is 0 Å². The van der Waals surface area contributed by atoms with Crippen LogP contribution in [0.4, 0.5) is 0 Å². The highest BCUT2D eigenvalue weighted by molar-refractivity contribution is 5.77. The van der Waals surface area contributed by atoms with E-state index in [1.54, 1.807) is 0 Å². The van der Waals surface area contributed by atoms with Crippen molar-refractivity contribution in [3.8, 4) is 0 Å². The standard InChI is InChI=1S/C14H26N2O/c15-11-14(9-4-10-14)16-13(17)8-7-12-5-2-1-3-6-12/h12H,1-11,15H2,(H,16,17). The molecule has 2 aliphatic rings.